The van der Waals surface area contributed by atoms with Gasteiger partial charge in [0, 0.05) is 10.6 Å². The van der Waals surface area contributed by atoms with E-state index in [4.69, 9.17) is 16.7 Å². The van der Waals surface area contributed by atoms with Crippen molar-refractivity contribution >= 4 is 23.5 Å². The molecular weight excluding hydrogens is 258 g/mol. The first kappa shape index (κ1) is 14.5. The zero-order valence-corrected chi connectivity index (χ0v) is 10.7. The van der Waals surface area contributed by atoms with Gasteiger partial charge < -0.3 is 15.5 Å². The van der Waals surface area contributed by atoms with E-state index in [1.807, 2.05) is 0 Å². The maximum Gasteiger partial charge on any atom is 0.328 e. The van der Waals surface area contributed by atoms with Gasteiger partial charge in [-0.2, -0.15) is 0 Å². The molecule has 0 aliphatic heterocycles. The van der Waals surface area contributed by atoms with Gasteiger partial charge in [-0.1, -0.05) is 17.7 Å². The number of aliphatic carboxylic acids is 1. The van der Waals surface area contributed by atoms with Crippen LogP contribution in [-0.2, 0) is 4.79 Å². The van der Waals surface area contributed by atoms with Gasteiger partial charge in [0.1, 0.15) is 0 Å². The average molecular weight is 272 g/mol. The summed E-state index contributed by atoms with van der Waals surface area (Å²) in [6.45, 7) is 3.08. The molecule has 0 fully saturated rings. The van der Waals surface area contributed by atoms with Crippen molar-refractivity contribution in [3.63, 3.8) is 0 Å². The number of halogens is 1. The molecule has 98 valence electrons. The van der Waals surface area contributed by atoms with Crippen LogP contribution in [0.3, 0.4) is 0 Å². The Hall–Kier alpha value is -1.59. The third kappa shape index (κ3) is 3.45. The SMILES string of the molecule is Cc1ccc(C(=O)N[C@H](C(=O)O)[C@@H](C)O)cc1Cl. The number of carboxylic acid groups (broad SMARTS) is 1. The molecule has 0 aliphatic rings. The first-order valence-electron chi connectivity index (χ1n) is 5.31. The van der Waals surface area contributed by atoms with E-state index in [0.29, 0.717) is 5.02 Å². The standard InChI is InChI=1S/C12H14ClNO4/c1-6-3-4-8(5-9(6)13)11(16)14-10(7(2)15)12(17)18/h3-5,7,10,15H,1-2H3,(H,14,16)(H,17,18)/t7-,10+/m1/s1. The number of carboxylic acids is 1. The Labute approximate surface area is 109 Å². The summed E-state index contributed by atoms with van der Waals surface area (Å²) in [5.74, 6) is -1.89. The van der Waals surface area contributed by atoms with Crippen molar-refractivity contribution < 1.29 is 19.8 Å². The third-order valence-corrected chi connectivity index (χ3v) is 2.88. The summed E-state index contributed by atoms with van der Waals surface area (Å²) in [5.41, 5.74) is 1.07. The summed E-state index contributed by atoms with van der Waals surface area (Å²) in [5, 5.41) is 20.7. The lowest BCUT2D eigenvalue weighted by Crippen LogP contribution is -2.47. The van der Waals surface area contributed by atoms with Crippen molar-refractivity contribution in [3.8, 4) is 0 Å². The summed E-state index contributed by atoms with van der Waals surface area (Å²) in [7, 11) is 0. The van der Waals surface area contributed by atoms with E-state index < -0.39 is 24.0 Å². The van der Waals surface area contributed by atoms with Crippen molar-refractivity contribution in [3.05, 3.63) is 34.3 Å². The molecule has 6 heteroatoms. The molecule has 0 heterocycles. The molecule has 2 atom stereocenters. The van der Waals surface area contributed by atoms with Crippen LogP contribution in [0.25, 0.3) is 0 Å². The van der Waals surface area contributed by atoms with E-state index in [9.17, 15) is 14.7 Å². The summed E-state index contributed by atoms with van der Waals surface area (Å²) in [6.07, 6.45) is -1.19. The largest absolute Gasteiger partial charge is 0.480 e. The molecule has 0 spiro atoms. The molecule has 0 aliphatic carbocycles. The summed E-state index contributed by atoms with van der Waals surface area (Å²) >= 11 is 5.87. The van der Waals surface area contributed by atoms with Gasteiger partial charge in [-0.3, -0.25) is 4.79 Å². The molecule has 0 saturated heterocycles. The van der Waals surface area contributed by atoms with Crippen molar-refractivity contribution in [2.75, 3.05) is 0 Å². The fraction of sp³-hybridized carbons (Fsp3) is 0.333. The van der Waals surface area contributed by atoms with E-state index >= 15 is 0 Å². The Kier molecular flexibility index (Phi) is 4.69. The number of hydrogen-bond donors (Lipinski definition) is 3. The normalized spacial score (nSPS) is 13.8. The molecule has 0 bridgehead atoms. The Bertz CT molecular complexity index is 473. The lowest BCUT2D eigenvalue weighted by Gasteiger charge is -2.17. The molecule has 0 radical (unpaired) electrons. The first-order chi connectivity index (χ1) is 8.32. The summed E-state index contributed by atoms with van der Waals surface area (Å²) in [6, 6.07) is 3.30. The Morgan fingerprint density at radius 1 is 1.39 bits per heavy atom. The van der Waals surface area contributed by atoms with Crippen LogP contribution in [0.5, 0.6) is 0 Å². The molecule has 0 aromatic heterocycles. The number of hydrogen-bond acceptors (Lipinski definition) is 3. The van der Waals surface area contributed by atoms with Crippen LogP contribution >= 0.6 is 11.6 Å². The number of amides is 1. The molecule has 18 heavy (non-hydrogen) atoms. The highest BCUT2D eigenvalue weighted by Gasteiger charge is 2.25. The average Bonchev–Trinajstić information content (AvgIpc) is 2.28. The van der Waals surface area contributed by atoms with Crippen molar-refractivity contribution in [1.29, 1.82) is 0 Å². The predicted molar refractivity (Wildman–Crippen MR) is 66.8 cm³/mol. The second-order valence-electron chi connectivity index (χ2n) is 3.99. The highest BCUT2D eigenvalue weighted by atomic mass is 35.5. The van der Waals surface area contributed by atoms with Crippen LogP contribution in [-0.4, -0.2) is 34.2 Å². The lowest BCUT2D eigenvalue weighted by molar-refractivity contribution is -0.141. The molecule has 0 unspecified atom stereocenters. The van der Waals surface area contributed by atoms with E-state index in [0.717, 1.165) is 5.56 Å². The van der Waals surface area contributed by atoms with E-state index in [-0.39, 0.29) is 5.56 Å². The van der Waals surface area contributed by atoms with Crippen molar-refractivity contribution in [2.45, 2.75) is 26.0 Å². The minimum Gasteiger partial charge on any atom is -0.480 e. The number of aryl methyl sites for hydroxylation is 1. The molecule has 5 nitrogen and oxygen atoms in total. The highest BCUT2D eigenvalue weighted by Crippen LogP contribution is 2.16. The fourth-order valence-electron chi connectivity index (χ4n) is 1.35. The van der Waals surface area contributed by atoms with Crippen LogP contribution < -0.4 is 5.32 Å². The monoisotopic (exact) mass is 271 g/mol. The van der Waals surface area contributed by atoms with Crippen molar-refractivity contribution in [2.24, 2.45) is 0 Å². The molecule has 1 amide bonds. The van der Waals surface area contributed by atoms with Gasteiger partial charge in [-0.25, -0.2) is 4.79 Å². The highest BCUT2D eigenvalue weighted by molar-refractivity contribution is 6.31. The number of rotatable bonds is 4. The zero-order valence-electron chi connectivity index (χ0n) is 9.98. The number of nitrogens with one attached hydrogen (secondary N) is 1. The molecule has 3 N–H and O–H groups in total. The third-order valence-electron chi connectivity index (χ3n) is 2.47. The maximum absolute atomic E-state index is 11.8. The van der Waals surface area contributed by atoms with Crippen LogP contribution in [0, 0.1) is 6.92 Å². The minimum absolute atomic E-state index is 0.248. The number of benzene rings is 1. The zero-order chi connectivity index (χ0) is 13.9. The van der Waals surface area contributed by atoms with Gasteiger partial charge in [0.25, 0.3) is 5.91 Å². The first-order valence-corrected chi connectivity index (χ1v) is 5.68. The summed E-state index contributed by atoms with van der Waals surface area (Å²) < 4.78 is 0. The molecule has 0 saturated carbocycles. The second kappa shape index (κ2) is 5.84. The maximum atomic E-state index is 11.8. The number of carbonyl (C=O) groups is 2. The topological polar surface area (TPSA) is 86.6 Å². The molecule has 1 aromatic carbocycles. The smallest absolute Gasteiger partial charge is 0.328 e. The minimum atomic E-state index is -1.35. The Morgan fingerprint density at radius 3 is 2.44 bits per heavy atom. The van der Waals surface area contributed by atoms with Gasteiger partial charge in [0.15, 0.2) is 6.04 Å². The van der Waals surface area contributed by atoms with Crippen LogP contribution in [0.4, 0.5) is 0 Å². The predicted octanol–water partition coefficient (Wildman–Crippen LogP) is 1.21. The Balaban J connectivity index is 2.87. The van der Waals surface area contributed by atoms with Gasteiger partial charge in [-0.15, -0.1) is 0 Å². The molecule has 1 rings (SSSR count). The van der Waals surface area contributed by atoms with Crippen LogP contribution in [0.15, 0.2) is 18.2 Å². The quantitative estimate of drug-likeness (QED) is 0.768. The second-order valence-corrected chi connectivity index (χ2v) is 4.40. The van der Waals surface area contributed by atoms with Crippen LogP contribution in [0.1, 0.15) is 22.8 Å². The fourth-order valence-corrected chi connectivity index (χ4v) is 1.53. The number of aliphatic hydroxyl groups is 1. The lowest BCUT2D eigenvalue weighted by atomic mass is 10.1. The number of aliphatic hydroxyl groups excluding tert-OH is 1. The van der Waals surface area contributed by atoms with E-state index in [2.05, 4.69) is 5.32 Å². The van der Waals surface area contributed by atoms with Gasteiger partial charge in [0.05, 0.1) is 6.10 Å². The van der Waals surface area contributed by atoms with E-state index in [1.165, 1.54) is 19.1 Å². The van der Waals surface area contributed by atoms with Crippen molar-refractivity contribution in [1.82, 2.24) is 5.32 Å². The van der Waals surface area contributed by atoms with E-state index in [1.54, 1.807) is 13.0 Å². The van der Waals surface area contributed by atoms with Gasteiger partial charge >= 0.3 is 5.97 Å². The van der Waals surface area contributed by atoms with Gasteiger partial charge in [0.2, 0.25) is 0 Å². The molecular formula is C12H14ClNO4. The number of carbonyl (C=O) groups excluding carboxylic acids is 1. The summed E-state index contributed by atoms with van der Waals surface area (Å²) in [4.78, 5) is 22.6. The molecule has 1 aromatic rings. The van der Waals surface area contributed by atoms with Gasteiger partial charge in [-0.05, 0) is 31.5 Å². The Morgan fingerprint density at radius 2 is 2.00 bits per heavy atom. The van der Waals surface area contributed by atoms with Crippen LogP contribution in [0.2, 0.25) is 5.02 Å².